The molecular weight excluding hydrogens is 543 g/mol. The van der Waals surface area contributed by atoms with Crippen molar-refractivity contribution in [2.24, 2.45) is 10.9 Å². The molecule has 0 saturated carbocycles. The van der Waals surface area contributed by atoms with Crippen LogP contribution in [0, 0.1) is 5.92 Å². The summed E-state index contributed by atoms with van der Waals surface area (Å²) in [4.78, 5) is 11.6. The number of hydrogen-bond acceptors (Lipinski definition) is 6. The highest BCUT2D eigenvalue weighted by Gasteiger charge is 2.38. The Labute approximate surface area is 249 Å². The van der Waals surface area contributed by atoms with Gasteiger partial charge >= 0.3 is 0 Å². The van der Waals surface area contributed by atoms with Crippen LogP contribution in [0.2, 0.25) is 0 Å². The van der Waals surface area contributed by atoms with Crippen molar-refractivity contribution >= 4 is 52.1 Å². The van der Waals surface area contributed by atoms with Crippen LogP contribution in [0.5, 0.6) is 5.75 Å². The third-order valence-electron chi connectivity index (χ3n) is 7.46. The third kappa shape index (κ3) is 5.09. The molecule has 2 atom stereocenters. The van der Waals surface area contributed by atoms with Gasteiger partial charge in [-0.3, -0.25) is 4.90 Å². The van der Waals surface area contributed by atoms with Gasteiger partial charge in [-0.05, 0) is 66.2 Å². The molecule has 2 heterocycles. The van der Waals surface area contributed by atoms with E-state index in [4.69, 9.17) is 9.73 Å². The van der Waals surface area contributed by atoms with E-state index in [0.717, 1.165) is 34.3 Å². The first-order chi connectivity index (χ1) is 20.3. The second-order valence-corrected chi connectivity index (χ2v) is 12.2. The fourth-order valence-electron chi connectivity index (χ4n) is 5.45. The Morgan fingerprint density at radius 3 is 2.00 bits per heavy atom. The van der Waals surface area contributed by atoms with Crippen LogP contribution in [0.4, 0.5) is 22.7 Å². The van der Waals surface area contributed by atoms with Crippen LogP contribution in [-0.2, 0) is 0 Å². The van der Waals surface area contributed by atoms with Gasteiger partial charge in [0.1, 0.15) is 11.6 Å². The van der Waals surface area contributed by atoms with Gasteiger partial charge in [-0.25, -0.2) is 4.99 Å². The number of fused-ring (bicyclic) bond motifs is 3. The zero-order valence-electron chi connectivity index (χ0n) is 22.6. The van der Waals surface area contributed by atoms with E-state index in [2.05, 4.69) is 138 Å². The molecule has 0 aliphatic carbocycles. The van der Waals surface area contributed by atoms with Crippen LogP contribution < -0.4 is 15.0 Å². The van der Waals surface area contributed by atoms with Gasteiger partial charge in [0.05, 0.1) is 30.1 Å². The molecule has 0 saturated heterocycles. The number of hydrogen-bond donors (Lipinski definition) is 1. The van der Waals surface area contributed by atoms with Crippen molar-refractivity contribution in [3.8, 4) is 5.75 Å². The number of benzene rings is 5. The lowest BCUT2D eigenvalue weighted by Crippen LogP contribution is -2.39. The van der Waals surface area contributed by atoms with Crippen LogP contribution in [0.1, 0.15) is 10.8 Å². The topological polar surface area (TPSA) is 36.9 Å². The fourth-order valence-corrected chi connectivity index (χ4v) is 7.85. The number of para-hydroxylation sites is 4. The fraction of sp³-hybridized carbons (Fsp3) is 0.114. The van der Waals surface area contributed by atoms with E-state index in [1.807, 2.05) is 23.5 Å². The summed E-state index contributed by atoms with van der Waals surface area (Å²) in [6.07, 6.45) is 0. The molecule has 0 radical (unpaired) electrons. The summed E-state index contributed by atoms with van der Waals surface area (Å²) in [5, 5.41) is 3.86. The van der Waals surface area contributed by atoms with Crippen molar-refractivity contribution in [2.45, 2.75) is 19.9 Å². The minimum absolute atomic E-state index is 0.0326. The van der Waals surface area contributed by atoms with E-state index >= 15 is 0 Å². The summed E-state index contributed by atoms with van der Waals surface area (Å²) >= 11 is 3.71. The molecule has 0 bridgehead atoms. The predicted molar refractivity (Wildman–Crippen MR) is 173 cm³/mol. The van der Waals surface area contributed by atoms with Crippen molar-refractivity contribution in [1.82, 2.24) is 0 Å². The van der Waals surface area contributed by atoms with Gasteiger partial charge in [-0.2, -0.15) is 0 Å². The first kappa shape index (κ1) is 25.8. The number of methoxy groups -OCH3 is 1. The second-order valence-electron chi connectivity index (χ2n) is 9.98. The van der Waals surface area contributed by atoms with E-state index < -0.39 is 0 Å². The van der Waals surface area contributed by atoms with Gasteiger partial charge in [0.2, 0.25) is 0 Å². The molecule has 1 N–H and O–H groups in total. The zero-order valence-corrected chi connectivity index (χ0v) is 24.2. The molecule has 0 aromatic heterocycles. The largest absolute Gasteiger partial charge is 0.497 e. The molecule has 5 aromatic carbocycles. The SMILES string of the molecule is COc1ccc(C2Sc3ccccc3N=C(N3c4ccccc4Sc4ccccc43)C2CNc2ccccc2)cc1. The van der Waals surface area contributed by atoms with Crippen molar-refractivity contribution in [1.29, 1.82) is 0 Å². The lowest BCUT2D eigenvalue weighted by molar-refractivity contribution is 0.414. The molecule has 2 aliphatic heterocycles. The highest BCUT2D eigenvalue weighted by molar-refractivity contribution is 8.00. The third-order valence-corrected chi connectivity index (χ3v) is 10.0. The number of thioether (sulfide) groups is 1. The van der Waals surface area contributed by atoms with Crippen LogP contribution in [0.15, 0.2) is 147 Å². The molecule has 6 heteroatoms. The Morgan fingerprint density at radius 2 is 1.32 bits per heavy atom. The predicted octanol–water partition coefficient (Wildman–Crippen LogP) is 9.60. The maximum atomic E-state index is 5.51. The molecule has 0 fully saturated rings. The quantitative estimate of drug-likeness (QED) is 0.227. The normalized spacial score (nSPS) is 17.4. The van der Waals surface area contributed by atoms with Gasteiger partial charge in [0.25, 0.3) is 0 Å². The Morgan fingerprint density at radius 1 is 0.707 bits per heavy atom. The Hall–Kier alpha value is -4.13. The zero-order chi connectivity index (χ0) is 27.6. The van der Waals surface area contributed by atoms with Gasteiger partial charge in [0, 0.05) is 32.2 Å². The minimum atomic E-state index is 0.0326. The standard InChI is InChI=1S/C35H29N3OS2/c1-39-26-21-19-24(20-22-26)34-27(23-36-25-11-3-2-4-12-25)35(37-28-13-5-8-16-31(28)41-34)38-29-14-6-9-17-32(29)40-33-18-10-7-15-30(33)38/h2-22,27,34,36H,23H2,1H3. The van der Waals surface area contributed by atoms with Crippen LogP contribution in [0.3, 0.4) is 0 Å². The Bertz CT molecular complexity index is 1660. The number of ether oxygens (including phenoxy) is 1. The lowest BCUT2D eigenvalue weighted by atomic mass is 9.95. The van der Waals surface area contributed by atoms with Crippen molar-refractivity contribution < 1.29 is 4.74 Å². The Balaban J connectivity index is 1.43. The molecule has 7 rings (SSSR count). The monoisotopic (exact) mass is 571 g/mol. The van der Waals surface area contributed by atoms with Gasteiger partial charge in [0.15, 0.2) is 0 Å². The molecule has 2 unspecified atom stereocenters. The van der Waals surface area contributed by atoms with E-state index in [1.54, 1.807) is 7.11 Å². The lowest BCUT2D eigenvalue weighted by Gasteiger charge is -2.38. The molecular formula is C35H29N3OS2. The minimum Gasteiger partial charge on any atom is -0.497 e. The van der Waals surface area contributed by atoms with Gasteiger partial charge in [-0.1, -0.05) is 78.5 Å². The molecule has 41 heavy (non-hydrogen) atoms. The van der Waals surface area contributed by atoms with E-state index in [1.165, 1.54) is 20.2 Å². The summed E-state index contributed by atoms with van der Waals surface area (Å²) in [6, 6.07) is 44.8. The highest BCUT2D eigenvalue weighted by atomic mass is 32.2. The number of anilines is 3. The van der Waals surface area contributed by atoms with Crippen LogP contribution in [-0.4, -0.2) is 19.5 Å². The highest BCUT2D eigenvalue weighted by Crippen LogP contribution is 2.53. The Kier molecular flexibility index (Phi) is 7.17. The average Bonchev–Trinajstić information content (AvgIpc) is 3.20. The molecule has 4 nitrogen and oxygen atoms in total. The molecule has 0 spiro atoms. The summed E-state index contributed by atoms with van der Waals surface area (Å²) in [5.41, 5.74) is 5.67. The van der Waals surface area contributed by atoms with Crippen molar-refractivity contribution in [3.63, 3.8) is 0 Å². The number of rotatable bonds is 5. The molecule has 0 amide bonds. The van der Waals surface area contributed by atoms with Gasteiger partial charge in [-0.15, -0.1) is 11.8 Å². The summed E-state index contributed by atoms with van der Waals surface area (Å²) in [7, 11) is 1.71. The van der Waals surface area contributed by atoms with Crippen molar-refractivity contribution in [2.75, 3.05) is 23.9 Å². The van der Waals surface area contributed by atoms with E-state index in [9.17, 15) is 0 Å². The second kappa shape index (κ2) is 11.4. The number of amidine groups is 1. The van der Waals surface area contributed by atoms with Crippen LogP contribution >= 0.6 is 23.5 Å². The van der Waals surface area contributed by atoms with Crippen LogP contribution in [0.25, 0.3) is 0 Å². The summed E-state index contributed by atoms with van der Waals surface area (Å²) < 4.78 is 5.51. The first-order valence-electron chi connectivity index (χ1n) is 13.7. The number of nitrogens with zero attached hydrogens (tertiary/aromatic N) is 2. The maximum absolute atomic E-state index is 5.51. The number of aliphatic imine (C=N–C) groups is 1. The molecule has 5 aromatic rings. The smallest absolute Gasteiger partial charge is 0.120 e. The molecule has 202 valence electrons. The maximum Gasteiger partial charge on any atom is 0.120 e. The number of nitrogens with one attached hydrogen (secondary N) is 1. The van der Waals surface area contributed by atoms with Crippen molar-refractivity contribution in [3.05, 3.63) is 133 Å². The van der Waals surface area contributed by atoms with Gasteiger partial charge < -0.3 is 10.1 Å². The molecule has 2 aliphatic rings. The summed E-state index contributed by atoms with van der Waals surface area (Å²) in [5.74, 6) is 1.92. The first-order valence-corrected chi connectivity index (χ1v) is 15.4. The van der Waals surface area contributed by atoms with E-state index in [-0.39, 0.29) is 11.2 Å². The summed E-state index contributed by atoms with van der Waals surface area (Å²) in [6.45, 7) is 0.717. The van der Waals surface area contributed by atoms with E-state index in [0.29, 0.717) is 6.54 Å². The average molecular weight is 572 g/mol.